The summed E-state index contributed by atoms with van der Waals surface area (Å²) in [5.74, 6) is -2.84. The third-order valence-electron chi connectivity index (χ3n) is 4.60. The SMILES string of the molecule is CC(C)=CCC(O)[C@]1(O)C(O)=C(C(=O)CC(C)C)C(=O)C1CC=C(C)C. The van der Waals surface area contributed by atoms with Gasteiger partial charge in [0.1, 0.15) is 11.3 Å². The van der Waals surface area contributed by atoms with Gasteiger partial charge in [-0.25, -0.2) is 0 Å². The number of carbonyl (C=O) groups is 2. The molecule has 0 aromatic rings. The van der Waals surface area contributed by atoms with Crippen LogP contribution in [-0.2, 0) is 9.59 Å². The predicted octanol–water partition coefficient (Wildman–Crippen LogP) is 3.42. The monoisotopic (exact) mass is 364 g/mol. The van der Waals surface area contributed by atoms with E-state index in [2.05, 4.69) is 0 Å². The number of hydrogen-bond donors (Lipinski definition) is 3. The van der Waals surface area contributed by atoms with Crippen LogP contribution in [0.5, 0.6) is 0 Å². The first-order valence-corrected chi connectivity index (χ1v) is 9.11. The Bertz CT molecular complexity index is 645. The van der Waals surface area contributed by atoms with Gasteiger partial charge in [-0.05, 0) is 46.5 Å². The molecule has 0 spiro atoms. The molecule has 0 saturated heterocycles. The standard InChI is InChI=1S/C21H32O5/c1-12(2)7-9-15-19(24)18(16(22)11-14(5)6)20(25)21(15,26)17(23)10-8-13(3)4/h7-8,14-15,17,23,25-26H,9-11H2,1-6H3/t15?,17?,21-/m0/s1. The van der Waals surface area contributed by atoms with Gasteiger partial charge in [0.2, 0.25) is 0 Å². The van der Waals surface area contributed by atoms with E-state index in [-0.39, 0.29) is 30.8 Å². The van der Waals surface area contributed by atoms with E-state index in [0.717, 1.165) is 11.1 Å². The fourth-order valence-corrected chi connectivity index (χ4v) is 3.16. The second-order valence-corrected chi connectivity index (χ2v) is 8.04. The number of rotatable bonds is 8. The van der Waals surface area contributed by atoms with E-state index in [4.69, 9.17) is 0 Å². The van der Waals surface area contributed by atoms with E-state index in [1.807, 2.05) is 41.5 Å². The molecular formula is C21H32O5. The van der Waals surface area contributed by atoms with Crippen molar-refractivity contribution in [1.29, 1.82) is 0 Å². The number of aliphatic hydroxyl groups is 3. The molecule has 5 nitrogen and oxygen atoms in total. The molecule has 3 atom stereocenters. The molecule has 5 heteroatoms. The minimum Gasteiger partial charge on any atom is -0.508 e. The molecule has 0 amide bonds. The third-order valence-corrected chi connectivity index (χ3v) is 4.60. The topological polar surface area (TPSA) is 94.8 Å². The fraction of sp³-hybridized carbons (Fsp3) is 0.619. The van der Waals surface area contributed by atoms with Gasteiger partial charge in [0, 0.05) is 6.42 Å². The number of carbonyl (C=O) groups excluding carboxylic acids is 2. The Morgan fingerprint density at radius 2 is 1.69 bits per heavy atom. The highest BCUT2D eigenvalue weighted by Gasteiger charge is 2.58. The van der Waals surface area contributed by atoms with Crippen molar-refractivity contribution in [3.63, 3.8) is 0 Å². The molecule has 1 aliphatic carbocycles. The number of aliphatic hydroxyl groups excluding tert-OH is 2. The van der Waals surface area contributed by atoms with E-state index in [1.165, 1.54) is 0 Å². The van der Waals surface area contributed by atoms with Gasteiger partial charge in [0.15, 0.2) is 17.2 Å². The van der Waals surface area contributed by atoms with Crippen molar-refractivity contribution in [3.8, 4) is 0 Å². The molecule has 1 rings (SSSR count). The number of ketones is 2. The molecular weight excluding hydrogens is 332 g/mol. The highest BCUT2D eigenvalue weighted by Crippen LogP contribution is 2.43. The molecule has 26 heavy (non-hydrogen) atoms. The predicted molar refractivity (Wildman–Crippen MR) is 102 cm³/mol. The lowest BCUT2D eigenvalue weighted by Crippen LogP contribution is -2.49. The van der Waals surface area contributed by atoms with E-state index < -0.39 is 34.9 Å². The maximum absolute atomic E-state index is 12.9. The Hall–Kier alpha value is -1.72. The molecule has 0 bridgehead atoms. The van der Waals surface area contributed by atoms with Crippen LogP contribution in [0.1, 0.15) is 60.8 Å². The van der Waals surface area contributed by atoms with Crippen LogP contribution in [0.3, 0.4) is 0 Å². The zero-order valence-corrected chi connectivity index (χ0v) is 16.7. The van der Waals surface area contributed by atoms with E-state index in [1.54, 1.807) is 12.2 Å². The van der Waals surface area contributed by atoms with Gasteiger partial charge in [-0.15, -0.1) is 0 Å². The van der Waals surface area contributed by atoms with Crippen molar-refractivity contribution >= 4 is 11.6 Å². The van der Waals surface area contributed by atoms with Crippen molar-refractivity contribution in [1.82, 2.24) is 0 Å². The summed E-state index contributed by atoms with van der Waals surface area (Å²) in [7, 11) is 0. The Morgan fingerprint density at radius 3 is 2.15 bits per heavy atom. The average molecular weight is 364 g/mol. The van der Waals surface area contributed by atoms with Crippen LogP contribution in [0, 0.1) is 11.8 Å². The number of allylic oxidation sites excluding steroid dienone is 4. The molecule has 2 unspecified atom stereocenters. The Kier molecular flexibility index (Phi) is 7.54. The van der Waals surface area contributed by atoms with Crippen molar-refractivity contribution in [2.45, 2.75) is 72.5 Å². The van der Waals surface area contributed by atoms with Gasteiger partial charge in [0.05, 0.1) is 12.0 Å². The molecule has 0 aromatic heterocycles. The summed E-state index contributed by atoms with van der Waals surface area (Å²) in [6.45, 7) is 11.1. The van der Waals surface area contributed by atoms with Crippen molar-refractivity contribution in [2.75, 3.05) is 0 Å². The van der Waals surface area contributed by atoms with Crippen LogP contribution in [-0.4, -0.2) is 38.6 Å². The zero-order valence-electron chi connectivity index (χ0n) is 16.7. The van der Waals surface area contributed by atoms with Crippen LogP contribution in [0.2, 0.25) is 0 Å². The maximum Gasteiger partial charge on any atom is 0.176 e. The summed E-state index contributed by atoms with van der Waals surface area (Å²) in [4.78, 5) is 25.3. The van der Waals surface area contributed by atoms with Gasteiger partial charge < -0.3 is 15.3 Å². The normalized spacial score (nSPS) is 24.0. The second kappa shape index (κ2) is 8.78. The van der Waals surface area contributed by atoms with Gasteiger partial charge in [0.25, 0.3) is 0 Å². The Labute approximate surface area is 156 Å². The minimum atomic E-state index is -2.16. The molecule has 0 fully saturated rings. The lowest BCUT2D eigenvalue weighted by Gasteiger charge is -2.33. The molecule has 0 aliphatic heterocycles. The Balaban J connectivity index is 3.38. The third kappa shape index (κ3) is 4.71. The summed E-state index contributed by atoms with van der Waals surface area (Å²) in [6, 6.07) is 0. The van der Waals surface area contributed by atoms with Crippen LogP contribution < -0.4 is 0 Å². The van der Waals surface area contributed by atoms with Crippen molar-refractivity contribution in [2.24, 2.45) is 11.8 Å². The largest absolute Gasteiger partial charge is 0.508 e. The fourth-order valence-electron chi connectivity index (χ4n) is 3.16. The molecule has 0 heterocycles. The summed E-state index contributed by atoms with van der Waals surface area (Å²) in [5, 5.41) is 32.4. The average Bonchev–Trinajstić information content (AvgIpc) is 2.69. The lowest BCUT2D eigenvalue weighted by molar-refractivity contribution is -0.134. The van der Waals surface area contributed by atoms with E-state index in [0.29, 0.717) is 0 Å². The first kappa shape index (κ1) is 22.3. The summed E-state index contributed by atoms with van der Waals surface area (Å²) in [5.41, 5.74) is -0.626. The van der Waals surface area contributed by atoms with Gasteiger partial charge >= 0.3 is 0 Å². The number of hydrogen-bond acceptors (Lipinski definition) is 5. The van der Waals surface area contributed by atoms with Gasteiger partial charge in [-0.2, -0.15) is 0 Å². The highest BCUT2D eigenvalue weighted by molar-refractivity contribution is 6.23. The molecule has 0 aromatic carbocycles. The first-order chi connectivity index (χ1) is 11.9. The molecule has 146 valence electrons. The zero-order chi connectivity index (χ0) is 20.2. The van der Waals surface area contributed by atoms with Crippen LogP contribution >= 0.6 is 0 Å². The van der Waals surface area contributed by atoms with Crippen LogP contribution in [0.15, 0.2) is 34.6 Å². The van der Waals surface area contributed by atoms with Gasteiger partial charge in [-0.1, -0.05) is 37.1 Å². The molecule has 1 aliphatic rings. The quantitative estimate of drug-likeness (QED) is 0.453. The number of Topliss-reactive ketones (excluding diaryl/α,β-unsaturated/α-hetero) is 2. The minimum absolute atomic E-state index is 0.0103. The highest BCUT2D eigenvalue weighted by atomic mass is 16.4. The van der Waals surface area contributed by atoms with E-state index >= 15 is 0 Å². The summed E-state index contributed by atoms with van der Waals surface area (Å²) < 4.78 is 0. The second-order valence-electron chi connectivity index (χ2n) is 8.04. The van der Waals surface area contributed by atoms with Crippen LogP contribution in [0.4, 0.5) is 0 Å². The molecule has 0 radical (unpaired) electrons. The molecule has 3 N–H and O–H groups in total. The first-order valence-electron chi connectivity index (χ1n) is 9.11. The lowest BCUT2D eigenvalue weighted by atomic mass is 9.80. The molecule has 0 saturated carbocycles. The maximum atomic E-state index is 12.9. The van der Waals surface area contributed by atoms with Crippen LogP contribution in [0.25, 0.3) is 0 Å². The Morgan fingerprint density at radius 1 is 1.15 bits per heavy atom. The summed E-state index contributed by atoms with van der Waals surface area (Å²) in [6.07, 6.45) is 2.43. The van der Waals surface area contributed by atoms with E-state index in [9.17, 15) is 24.9 Å². The van der Waals surface area contributed by atoms with Crippen molar-refractivity contribution in [3.05, 3.63) is 34.6 Å². The smallest absolute Gasteiger partial charge is 0.176 e. The summed E-state index contributed by atoms with van der Waals surface area (Å²) >= 11 is 0. The van der Waals surface area contributed by atoms with Crippen molar-refractivity contribution < 1.29 is 24.9 Å². The van der Waals surface area contributed by atoms with Gasteiger partial charge in [-0.3, -0.25) is 9.59 Å².